The number of carbonyl (C=O) groups excluding carboxylic acids is 1. The van der Waals surface area contributed by atoms with Crippen molar-refractivity contribution >= 4 is 62.3 Å². The molecule has 0 saturated heterocycles. The second-order valence-corrected chi connectivity index (χ2v) is 16.1. The van der Waals surface area contributed by atoms with E-state index >= 15 is 0 Å². The van der Waals surface area contributed by atoms with Gasteiger partial charge in [-0.3, -0.25) is 9.78 Å². The Morgan fingerprint density at radius 2 is 1.43 bits per heavy atom. The number of nitrogens with zero attached hydrogens (tertiary/aromatic N) is 1. The van der Waals surface area contributed by atoms with Gasteiger partial charge in [-0.2, -0.15) is 0 Å². The summed E-state index contributed by atoms with van der Waals surface area (Å²) in [5.41, 5.74) is 3.06. The minimum atomic E-state index is -1.34. The molecule has 6 aromatic rings. The SMILES string of the molecule is CC(=O)/C=C(/C)O.C[Si](C)(C)c1ccc2c(ccc3nc(-c4[c-]c5ccccc5c5ccccc45)ccc32)c1.[Ir]. The number of benzene rings is 5. The first-order valence-electron chi connectivity index (χ1n) is 13.2. The van der Waals surface area contributed by atoms with Gasteiger partial charge in [-0.25, -0.2) is 0 Å². The van der Waals surface area contributed by atoms with Gasteiger partial charge in [-0.15, -0.1) is 17.5 Å². The number of fused-ring (bicyclic) bond motifs is 6. The van der Waals surface area contributed by atoms with Crippen LogP contribution in [0, 0.1) is 6.07 Å². The van der Waals surface area contributed by atoms with Crippen molar-refractivity contribution in [2.75, 3.05) is 0 Å². The normalized spacial score (nSPS) is 11.8. The molecule has 0 amide bonds. The van der Waals surface area contributed by atoms with Crippen LogP contribution in [-0.4, -0.2) is 23.9 Å². The third-order valence-electron chi connectivity index (χ3n) is 6.89. The van der Waals surface area contributed by atoms with E-state index in [9.17, 15) is 4.79 Å². The molecule has 0 saturated carbocycles. The van der Waals surface area contributed by atoms with E-state index in [2.05, 4.69) is 117 Å². The third kappa shape index (κ3) is 6.07. The third-order valence-corrected chi connectivity index (χ3v) is 8.94. The van der Waals surface area contributed by atoms with Gasteiger partial charge in [0.2, 0.25) is 0 Å². The van der Waals surface area contributed by atoms with Crippen molar-refractivity contribution in [3.05, 3.63) is 109 Å². The quantitative estimate of drug-likeness (QED) is 0.0655. The van der Waals surface area contributed by atoms with Crippen LogP contribution in [0.15, 0.2) is 103 Å². The molecule has 40 heavy (non-hydrogen) atoms. The first kappa shape index (κ1) is 29.4. The first-order valence-corrected chi connectivity index (χ1v) is 16.7. The molecule has 1 radical (unpaired) electrons. The second-order valence-electron chi connectivity index (χ2n) is 11.0. The van der Waals surface area contributed by atoms with Crippen molar-refractivity contribution in [1.29, 1.82) is 0 Å². The molecular weight excluding hydrogens is 687 g/mol. The van der Waals surface area contributed by atoms with Gasteiger partial charge in [0.05, 0.1) is 19.3 Å². The number of rotatable bonds is 3. The van der Waals surface area contributed by atoms with E-state index in [0.29, 0.717) is 0 Å². The van der Waals surface area contributed by atoms with Crippen LogP contribution >= 0.6 is 0 Å². The van der Waals surface area contributed by atoms with Gasteiger partial charge in [0, 0.05) is 37.3 Å². The Morgan fingerprint density at radius 3 is 2.08 bits per heavy atom. The minimum absolute atomic E-state index is 0. The van der Waals surface area contributed by atoms with Crippen LogP contribution in [0.25, 0.3) is 54.5 Å². The van der Waals surface area contributed by atoms with Gasteiger partial charge in [0.25, 0.3) is 0 Å². The molecule has 1 heterocycles. The molecule has 0 aliphatic carbocycles. The Kier molecular flexibility index (Phi) is 8.70. The van der Waals surface area contributed by atoms with E-state index in [1.165, 1.54) is 57.4 Å². The Hall–Kier alpha value is -3.63. The van der Waals surface area contributed by atoms with E-state index in [1.54, 1.807) is 0 Å². The summed E-state index contributed by atoms with van der Waals surface area (Å²) < 4.78 is 0. The summed E-state index contributed by atoms with van der Waals surface area (Å²) in [6.07, 6.45) is 1.17. The molecule has 0 unspecified atom stereocenters. The van der Waals surface area contributed by atoms with E-state index in [1.807, 2.05) is 0 Å². The van der Waals surface area contributed by atoms with Crippen molar-refractivity contribution < 1.29 is 30.0 Å². The number of hydrogen-bond donors (Lipinski definition) is 1. The van der Waals surface area contributed by atoms with Gasteiger partial charge in [-0.05, 0) is 30.7 Å². The Bertz CT molecular complexity index is 1900. The first-order chi connectivity index (χ1) is 18.6. The zero-order valence-corrected chi connectivity index (χ0v) is 26.8. The summed E-state index contributed by atoms with van der Waals surface area (Å²) in [5, 5.41) is 18.4. The Morgan fingerprint density at radius 1 is 0.775 bits per heavy atom. The molecule has 0 spiro atoms. The second kappa shape index (κ2) is 11.9. The van der Waals surface area contributed by atoms with E-state index in [0.717, 1.165) is 22.2 Å². The summed E-state index contributed by atoms with van der Waals surface area (Å²) in [4.78, 5) is 15.1. The van der Waals surface area contributed by atoms with E-state index < -0.39 is 8.07 Å². The molecule has 0 aliphatic heterocycles. The van der Waals surface area contributed by atoms with Crippen LogP contribution in [-0.2, 0) is 24.9 Å². The largest absolute Gasteiger partial charge is 0.512 e. The Balaban J connectivity index is 0.000000413. The van der Waals surface area contributed by atoms with Gasteiger partial charge in [-0.1, -0.05) is 125 Å². The van der Waals surface area contributed by atoms with E-state index in [-0.39, 0.29) is 31.6 Å². The maximum Gasteiger partial charge on any atom is 0.155 e. The van der Waals surface area contributed by atoms with Crippen molar-refractivity contribution in [2.45, 2.75) is 33.5 Å². The van der Waals surface area contributed by atoms with Gasteiger partial charge >= 0.3 is 0 Å². The smallest absolute Gasteiger partial charge is 0.155 e. The minimum Gasteiger partial charge on any atom is -0.512 e. The van der Waals surface area contributed by atoms with E-state index in [4.69, 9.17) is 10.1 Å². The fraction of sp³-hybridized carbons (Fsp3) is 0.143. The number of aliphatic hydroxyl groups excluding tert-OH is 1. The standard InChI is InChI=1S/C30H24NSi.C5H8O2.Ir/c1-32(2,3)22-13-14-24-21(18-22)12-16-29-27(24)15-17-30(31-29)28-19-20-8-4-5-9-23(20)25-10-6-7-11-26(25)28;1-4(6)3-5(2)7;/h4-18H,1-3H3;3,6H,1-2H3;/q-1;;/b;4-3-;. The number of allylic oxidation sites excluding steroid dienone is 2. The molecule has 1 N–H and O–H groups in total. The number of ketones is 1. The predicted molar refractivity (Wildman–Crippen MR) is 169 cm³/mol. The Labute approximate surface area is 249 Å². The average Bonchev–Trinajstić information content (AvgIpc) is 2.91. The molecule has 0 bridgehead atoms. The molecule has 6 rings (SSSR count). The van der Waals surface area contributed by atoms with Crippen molar-refractivity contribution in [3.8, 4) is 11.3 Å². The summed E-state index contributed by atoms with van der Waals surface area (Å²) in [6, 6.07) is 36.4. The topological polar surface area (TPSA) is 50.2 Å². The molecule has 1 aromatic heterocycles. The summed E-state index contributed by atoms with van der Waals surface area (Å²) in [6.45, 7) is 10.0. The van der Waals surface area contributed by atoms with Gasteiger partial charge < -0.3 is 5.11 Å². The molecular formula is C35H32IrNO2Si-. The number of hydrogen-bond acceptors (Lipinski definition) is 3. The molecule has 3 nitrogen and oxygen atoms in total. The molecule has 0 fully saturated rings. The van der Waals surface area contributed by atoms with Crippen LogP contribution in [0.2, 0.25) is 19.6 Å². The average molecular weight is 719 g/mol. The summed E-state index contributed by atoms with van der Waals surface area (Å²) in [5.74, 6) is -0.0625. The van der Waals surface area contributed by atoms with Crippen molar-refractivity contribution in [2.24, 2.45) is 0 Å². The zero-order valence-electron chi connectivity index (χ0n) is 23.4. The predicted octanol–water partition coefficient (Wildman–Crippen LogP) is 8.74. The molecule has 5 heteroatoms. The summed E-state index contributed by atoms with van der Waals surface area (Å²) in [7, 11) is -1.34. The van der Waals surface area contributed by atoms with Crippen LogP contribution in [0.4, 0.5) is 0 Å². The van der Waals surface area contributed by atoms with Gasteiger partial charge in [0.1, 0.15) is 0 Å². The monoisotopic (exact) mass is 719 g/mol. The number of aromatic nitrogens is 1. The molecule has 0 aliphatic rings. The molecule has 203 valence electrons. The van der Waals surface area contributed by atoms with Crippen molar-refractivity contribution in [1.82, 2.24) is 4.98 Å². The van der Waals surface area contributed by atoms with Crippen LogP contribution in [0.3, 0.4) is 0 Å². The van der Waals surface area contributed by atoms with Gasteiger partial charge in [0.15, 0.2) is 5.78 Å². The number of carbonyl (C=O) groups is 1. The fourth-order valence-corrected chi connectivity index (χ4v) is 6.18. The zero-order chi connectivity index (χ0) is 27.7. The fourth-order valence-electron chi connectivity index (χ4n) is 5.01. The molecule has 0 atom stereocenters. The number of pyridine rings is 1. The van der Waals surface area contributed by atoms with Crippen LogP contribution in [0.5, 0.6) is 0 Å². The van der Waals surface area contributed by atoms with Crippen molar-refractivity contribution in [3.63, 3.8) is 0 Å². The molecule has 5 aromatic carbocycles. The summed E-state index contributed by atoms with van der Waals surface area (Å²) >= 11 is 0. The van der Waals surface area contributed by atoms with Crippen LogP contribution < -0.4 is 5.19 Å². The van der Waals surface area contributed by atoms with Crippen LogP contribution in [0.1, 0.15) is 13.8 Å². The maximum absolute atomic E-state index is 10.0. The number of aliphatic hydroxyl groups is 1. The maximum atomic E-state index is 10.0.